The zero-order valence-electron chi connectivity index (χ0n) is 15.5. The highest BCUT2D eigenvalue weighted by Crippen LogP contribution is 2.24. The van der Waals surface area contributed by atoms with Crippen LogP contribution in [0.5, 0.6) is 0 Å². The first kappa shape index (κ1) is 19.1. The third-order valence-corrected chi connectivity index (χ3v) is 7.11. The van der Waals surface area contributed by atoms with Crippen molar-refractivity contribution in [2.24, 2.45) is 0 Å². The molecule has 1 amide bonds. The van der Waals surface area contributed by atoms with Gasteiger partial charge in [0.1, 0.15) is 5.82 Å². The lowest BCUT2D eigenvalue weighted by Crippen LogP contribution is -2.46. The van der Waals surface area contributed by atoms with Gasteiger partial charge in [-0.05, 0) is 79.6 Å². The van der Waals surface area contributed by atoms with Crippen molar-refractivity contribution in [3.8, 4) is 0 Å². The number of rotatable bonds is 4. The molecule has 0 bridgehead atoms. The minimum Gasteiger partial charge on any atom is -0.339 e. The van der Waals surface area contributed by atoms with E-state index >= 15 is 0 Å². The molecule has 2 aliphatic rings. The van der Waals surface area contributed by atoms with E-state index in [9.17, 15) is 17.6 Å². The molecule has 5 nitrogen and oxygen atoms in total. The van der Waals surface area contributed by atoms with Crippen molar-refractivity contribution < 1.29 is 17.6 Å². The molecular weight excluding hydrogens is 379 g/mol. The molecule has 0 radical (unpaired) electrons. The van der Waals surface area contributed by atoms with Gasteiger partial charge in [0.25, 0.3) is 5.91 Å². The Hall–Kier alpha value is -2.25. The average Bonchev–Trinajstić information content (AvgIpc) is 3.16. The number of carbonyl (C=O) groups excluding carboxylic acids is 1. The zero-order chi connectivity index (χ0) is 19.7. The van der Waals surface area contributed by atoms with E-state index in [-0.39, 0.29) is 16.8 Å². The first-order chi connectivity index (χ1) is 13.4. The molecule has 2 aromatic rings. The van der Waals surface area contributed by atoms with E-state index in [1.165, 1.54) is 23.3 Å². The molecular formula is C21H23FN2O3S. The smallest absolute Gasteiger partial charge is 0.253 e. The Morgan fingerprint density at radius 2 is 1.68 bits per heavy atom. The summed E-state index contributed by atoms with van der Waals surface area (Å²) < 4.78 is 40.6. The molecule has 148 valence electrons. The number of hydrogen-bond donors (Lipinski definition) is 1. The average molecular weight is 402 g/mol. The van der Waals surface area contributed by atoms with Crippen molar-refractivity contribution in [1.29, 1.82) is 0 Å². The van der Waals surface area contributed by atoms with Crippen LogP contribution in [0.25, 0.3) is 0 Å². The van der Waals surface area contributed by atoms with Crippen molar-refractivity contribution in [2.45, 2.75) is 43.0 Å². The fourth-order valence-corrected chi connectivity index (χ4v) is 5.29. The SMILES string of the molecule is O=C(c1ccc2c(c1)CCC2)N1CCC(NS(=O)(=O)c2ccc(F)cc2)CC1. The standard InChI is InChI=1S/C21H23FN2O3S/c22-18-6-8-20(9-7-18)28(26,27)23-19-10-12-24(13-11-19)21(25)17-5-4-15-2-1-3-16(15)14-17/h4-9,14,19,23H,1-3,10-13H2. The van der Waals surface area contributed by atoms with Gasteiger partial charge in [-0.2, -0.15) is 0 Å². The molecule has 0 aromatic heterocycles. The van der Waals surface area contributed by atoms with Gasteiger partial charge in [0.15, 0.2) is 0 Å². The van der Waals surface area contributed by atoms with Crippen LogP contribution in [-0.4, -0.2) is 38.4 Å². The molecule has 1 heterocycles. The van der Waals surface area contributed by atoms with Crippen molar-refractivity contribution in [3.63, 3.8) is 0 Å². The van der Waals surface area contributed by atoms with Crippen molar-refractivity contribution in [1.82, 2.24) is 9.62 Å². The molecule has 1 fully saturated rings. The number of hydrogen-bond acceptors (Lipinski definition) is 3. The number of piperidine rings is 1. The van der Waals surface area contributed by atoms with Crippen LogP contribution in [0.15, 0.2) is 47.4 Å². The number of halogens is 1. The molecule has 28 heavy (non-hydrogen) atoms. The predicted octanol–water partition coefficient (Wildman–Crippen LogP) is 2.90. The molecule has 1 aliphatic heterocycles. The lowest BCUT2D eigenvalue weighted by molar-refractivity contribution is 0.0711. The monoisotopic (exact) mass is 402 g/mol. The van der Waals surface area contributed by atoms with Crippen LogP contribution in [0.2, 0.25) is 0 Å². The van der Waals surface area contributed by atoms with E-state index in [1.807, 2.05) is 12.1 Å². The summed E-state index contributed by atoms with van der Waals surface area (Å²) in [4.78, 5) is 14.6. The van der Waals surface area contributed by atoms with Gasteiger partial charge in [0.05, 0.1) is 4.90 Å². The minimum atomic E-state index is -3.69. The molecule has 1 aliphatic carbocycles. The predicted molar refractivity (Wildman–Crippen MR) is 104 cm³/mol. The summed E-state index contributed by atoms with van der Waals surface area (Å²) in [6.45, 7) is 1.01. The summed E-state index contributed by atoms with van der Waals surface area (Å²) in [6.07, 6.45) is 4.37. The third-order valence-electron chi connectivity index (χ3n) is 5.57. The molecule has 2 aromatic carbocycles. The second-order valence-corrected chi connectivity index (χ2v) is 9.19. The van der Waals surface area contributed by atoms with Crippen LogP contribution in [0.4, 0.5) is 4.39 Å². The number of carbonyl (C=O) groups is 1. The molecule has 0 spiro atoms. The second-order valence-electron chi connectivity index (χ2n) is 7.48. The largest absolute Gasteiger partial charge is 0.339 e. The molecule has 0 saturated carbocycles. The van der Waals surface area contributed by atoms with Gasteiger partial charge in [-0.15, -0.1) is 0 Å². The minimum absolute atomic E-state index is 0.00883. The summed E-state index contributed by atoms with van der Waals surface area (Å²) in [7, 11) is -3.69. The van der Waals surface area contributed by atoms with Crippen LogP contribution in [-0.2, 0) is 22.9 Å². The highest BCUT2D eigenvalue weighted by molar-refractivity contribution is 7.89. The molecule has 0 atom stereocenters. The lowest BCUT2D eigenvalue weighted by atomic mass is 10.0. The van der Waals surface area contributed by atoms with Crippen molar-refractivity contribution >= 4 is 15.9 Å². The number of likely N-dealkylation sites (tertiary alicyclic amines) is 1. The Bertz CT molecular complexity index is 981. The Kier molecular flexibility index (Phi) is 5.21. The van der Waals surface area contributed by atoms with Gasteiger partial charge < -0.3 is 4.90 Å². The van der Waals surface area contributed by atoms with Gasteiger partial charge in [-0.3, -0.25) is 4.79 Å². The van der Waals surface area contributed by atoms with Gasteiger partial charge in [-0.1, -0.05) is 6.07 Å². The fraction of sp³-hybridized carbons (Fsp3) is 0.381. The number of aryl methyl sites for hydroxylation is 2. The van der Waals surface area contributed by atoms with Crippen LogP contribution in [0, 0.1) is 5.82 Å². The summed E-state index contributed by atoms with van der Waals surface area (Å²) in [5, 5.41) is 0. The van der Waals surface area contributed by atoms with Gasteiger partial charge in [-0.25, -0.2) is 17.5 Å². The number of nitrogens with zero attached hydrogens (tertiary/aromatic N) is 1. The van der Waals surface area contributed by atoms with Gasteiger partial charge >= 0.3 is 0 Å². The maximum atomic E-state index is 13.0. The maximum Gasteiger partial charge on any atom is 0.253 e. The van der Waals surface area contributed by atoms with Gasteiger partial charge in [0.2, 0.25) is 10.0 Å². The Morgan fingerprint density at radius 3 is 2.39 bits per heavy atom. The summed E-state index contributed by atoms with van der Waals surface area (Å²) in [5.74, 6) is -0.466. The summed E-state index contributed by atoms with van der Waals surface area (Å²) in [5.41, 5.74) is 3.32. The van der Waals surface area contributed by atoms with Gasteiger partial charge in [0, 0.05) is 24.7 Å². The second kappa shape index (κ2) is 7.64. The number of nitrogens with one attached hydrogen (secondary N) is 1. The van der Waals surface area contributed by atoms with Crippen LogP contribution in [0.1, 0.15) is 40.7 Å². The fourth-order valence-electron chi connectivity index (χ4n) is 3.99. The van der Waals surface area contributed by atoms with E-state index in [4.69, 9.17) is 0 Å². The number of sulfonamides is 1. The third kappa shape index (κ3) is 3.95. The van der Waals surface area contributed by atoms with Crippen LogP contribution >= 0.6 is 0 Å². The summed E-state index contributed by atoms with van der Waals surface area (Å²) >= 11 is 0. The van der Waals surface area contributed by atoms with Crippen LogP contribution < -0.4 is 4.72 Å². The molecule has 7 heteroatoms. The quantitative estimate of drug-likeness (QED) is 0.855. The highest BCUT2D eigenvalue weighted by Gasteiger charge is 2.27. The zero-order valence-corrected chi connectivity index (χ0v) is 16.3. The lowest BCUT2D eigenvalue weighted by Gasteiger charge is -2.32. The first-order valence-electron chi connectivity index (χ1n) is 9.61. The maximum absolute atomic E-state index is 13.0. The Balaban J connectivity index is 1.36. The van der Waals surface area contributed by atoms with Crippen molar-refractivity contribution in [3.05, 3.63) is 65.0 Å². The molecule has 0 unspecified atom stereocenters. The highest BCUT2D eigenvalue weighted by atomic mass is 32.2. The molecule has 4 rings (SSSR count). The number of benzene rings is 2. The topological polar surface area (TPSA) is 66.5 Å². The first-order valence-corrected chi connectivity index (χ1v) is 11.1. The number of amides is 1. The molecule has 1 N–H and O–H groups in total. The van der Waals surface area contributed by atoms with E-state index in [1.54, 1.807) is 4.90 Å². The van der Waals surface area contributed by atoms with Crippen molar-refractivity contribution in [2.75, 3.05) is 13.1 Å². The number of fused-ring (bicyclic) bond motifs is 1. The molecule has 1 saturated heterocycles. The Morgan fingerprint density at radius 1 is 1.00 bits per heavy atom. The van der Waals surface area contributed by atoms with E-state index in [0.29, 0.717) is 31.5 Å². The summed E-state index contributed by atoms with van der Waals surface area (Å²) in [6, 6.07) is 10.5. The van der Waals surface area contributed by atoms with E-state index in [2.05, 4.69) is 10.8 Å². The van der Waals surface area contributed by atoms with Crippen LogP contribution in [0.3, 0.4) is 0 Å². The normalized spacial score (nSPS) is 17.5. The van der Waals surface area contributed by atoms with E-state index < -0.39 is 15.8 Å². The Labute approximate surface area is 164 Å². The van der Waals surface area contributed by atoms with E-state index in [0.717, 1.165) is 31.4 Å².